The van der Waals surface area contributed by atoms with Gasteiger partial charge >= 0.3 is 5.97 Å². The summed E-state index contributed by atoms with van der Waals surface area (Å²) in [4.78, 5) is 10.7. The van der Waals surface area contributed by atoms with E-state index in [1.165, 1.54) is 19.2 Å². The highest BCUT2D eigenvalue weighted by molar-refractivity contribution is 9.10. The monoisotopic (exact) mass is 329 g/mol. The molecule has 2 aromatic rings. The molecule has 1 heterocycles. The first-order chi connectivity index (χ1) is 9.02. The molecule has 0 atom stereocenters. The maximum Gasteiger partial charge on any atom is 0.374 e. The number of hydrogen-bond donors (Lipinski definition) is 1. The summed E-state index contributed by atoms with van der Waals surface area (Å²) in [7, 11) is 1.47. The minimum Gasteiger partial charge on any atom is -0.475 e. The number of nitrogens with zero attached hydrogens (tertiary/aromatic N) is 1. The van der Waals surface area contributed by atoms with Crippen LogP contribution in [0.15, 0.2) is 27.2 Å². The van der Waals surface area contributed by atoms with Crippen LogP contribution in [0.25, 0.3) is 11.3 Å². The highest BCUT2D eigenvalue weighted by Gasteiger charge is 2.15. The molecule has 100 valence electrons. The number of carboxylic acid groups (broad SMARTS) is 1. The maximum atomic E-state index is 13.9. The van der Waals surface area contributed by atoms with Crippen LogP contribution < -0.4 is 0 Å². The van der Waals surface area contributed by atoms with E-state index < -0.39 is 11.8 Å². The van der Waals surface area contributed by atoms with E-state index in [0.717, 1.165) is 0 Å². The second-order valence-corrected chi connectivity index (χ2v) is 4.59. The summed E-state index contributed by atoms with van der Waals surface area (Å²) in [6.07, 6.45) is 0. The molecule has 0 radical (unpaired) electrons. The van der Waals surface area contributed by atoms with Gasteiger partial charge in [0.25, 0.3) is 0 Å². The molecule has 2 rings (SSSR count). The van der Waals surface area contributed by atoms with Crippen LogP contribution >= 0.6 is 15.9 Å². The van der Waals surface area contributed by atoms with E-state index in [2.05, 4.69) is 25.6 Å². The molecule has 0 amide bonds. The summed E-state index contributed by atoms with van der Waals surface area (Å²) in [5.74, 6) is -1.99. The zero-order chi connectivity index (χ0) is 14.0. The van der Waals surface area contributed by atoms with Gasteiger partial charge in [0.1, 0.15) is 11.5 Å². The van der Waals surface area contributed by atoms with Gasteiger partial charge in [-0.1, -0.05) is 21.1 Å². The summed E-state index contributed by atoms with van der Waals surface area (Å²) < 4.78 is 23.9. The normalized spacial score (nSPS) is 10.7. The van der Waals surface area contributed by atoms with Crippen LogP contribution in [0.2, 0.25) is 0 Å². The molecule has 0 unspecified atom stereocenters. The molecule has 7 heteroatoms. The van der Waals surface area contributed by atoms with Gasteiger partial charge in [-0.05, 0) is 12.1 Å². The molecule has 0 fully saturated rings. The minimum atomic E-state index is -1.23. The molecule has 0 aliphatic carbocycles. The lowest BCUT2D eigenvalue weighted by Gasteiger charge is -2.06. The number of rotatable bonds is 4. The molecule has 1 aromatic heterocycles. The van der Waals surface area contributed by atoms with Gasteiger partial charge in [0.05, 0.1) is 6.61 Å². The molecule has 0 aliphatic heterocycles. The van der Waals surface area contributed by atoms with Crippen molar-refractivity contribution >= 4 is 21.9 Å². The number of carboxylic acids is 1. The zero-order valence-electron chi connectivity index (χ0n) is 9.81. The van der Waals surface area contributed by atoms with E-state index in [4.69, 9.17) is 9.84 Å². The fourth-order valence-corrected chi connectivity index (χ4v) is 2.10. The number of aromatic carboxylic acids is 1. The Morgan fingerprint density at radius 1 is 1.53 bits per heavy atom. The Hall–Kier alpha value is -1.73. The quantitative estimate of drug-likeness (QED) is 0.933. The van der Waals surface area contributed by atoms with E-state index >= 15 is 0 Å². The Labute approximate surface area is 116 Å². The van der Waals surface area contributed by atoms with Crippen molar-refractivity contribution in [2.45, 2.75) is 6.61 Å². The average molecular weight is 330 g/mol. The van der Waals surface area contributed by atoms with Crippen molar-refractivity contribution in [1.82, 2.24) is 5.16 Å². The smallest absolute Gasteiger partial charge is 0.374 e. The van der Waals surface area contributed by atoms with Crippen molar-refractivity contribution in [3.05, 3.63) is 39.8 Å². The first kappa shape index (κ1) is 13.7. The van der Waals surface area contributed by atoms with Gasteiger partial charge in [-0.2, -0.15) is 0 Å². The number of hydrogen-bond acceptors (Lipinski definition) is 4. The molecule has 0 saturated heterocycles. The van der Waals surface area contributed by atoms with Crippen molar-refractivity contribution in [3.8, 4) is 11.3 Å². The standard InChI is InChI=1S/C12H9BrFNO4/c1-18-5-7-8(13)2-6(3-9(7)14)10-4-11(12(16)17)19-15-10/h2-4H,5H2,1H3,(H,16,17). The maximum absolute atomic E-state index is 13.9. The Kier molecular flexibility index (Phi) is 3.96. The van der Waals surface area contributed by atoms with E-state index in [1.807, 2.05) is 0 Å². The first-order valence-corrected chi connectivity index (χ1v) is 5.99. The molecule has 1 N–H and O–H groups in total. The molecule has 1 aromatic carbocycles. The van der Waals surface area contributed by atoms with Gasteiger partial charge < -0.3 is 14.4 Å². The molecule has 0 aliphatic rings. The third kappa shape index (κ3) is 2.82. The lowest BCUT2D eigenvalue weighted by Crippen LogP contribution is -1.95. The molecule has 0 spiro atoms. The average Bonchev–Trinajstić information content (AvgIpc) is 2.83. The van der Waals surface area contributed by atoms with Crippen LogP contribution in [0.5, 0.6) is 0 Å². The molecular formula is C12H9BrFNO4. The number of ether oxygens (including phenoxy) is 1. The van der Waals surface area contributed by atoms with Crippen LogP contribution in [-0.4, -0.2) is 23.3 Å². The first-order valence-electron chi connectivity index (χ1n) is 5.20. The summed E-state index contributed by atoms with van der Waals surface area (Å²) in [6.45, 7) is 0.131. The lowest BCUT2D eigenvalue weighted by atomic mass is 10.1. The van der Waals surface area contributed by atoms with Crippen LogP contribution in [-0.2, 0) is 11.3 Å². The Balaban J connectivity index is 2.42. The summed E-state index contributed by atoms with van der Waals surface area (Å²) in [6, 6.07) is 4.11. The number of benzene rings is 1. The van der Waals surface area contributed by atoms with Crippen molar-refractivity contribution in [3.63, 3.8) is 0 Å². The Morgan fingerprint density at radius 2 is 2.26 bits per heavy atom. The fourth-order valence-electron chi connectivity index (χ4n) is 1.55. The summed E-state index contributed by atoms with van der Waals surface area (Å²) in [5.41, 5.74) is 1.05. The van der Waals surface area contributed by atoms with Crippen LogP contribution in [0.1, 0.15) is 16.1 Å². The second kappa shape index (κ2) is 5.50. The van der Waals surface area contributed by atoms with E-state index in [9.17, 15) is 9.18 Å². The van der Waals surface area contributed by atoms with Crippen LogP contribution in [0, 0.1) is 5.82 Å². The van der Waals surface area contributed by atoms with Crippen molar-refractivity contribution < 1.29 is 23.6 Å². The minimum absolute atomic E-state index is 0.131. The predicted octanol–water partition coefficient (Wildman–Crippen LogP) is 3.09. The molecule has 5 nitrogen and oxygen atoms in total. The SMILES string of the molecule is COCc1c(F)cc(-c2cc(C(=O)O)on2)cc1Br. The third-order valence-electron chi connectivity index (χ3n) is 2.45. The van der Waals surface area contributed by atoms with Gasteiger partial charge in [0.15, 0.2) is 0 Å². The third-order valence-corrected chi connectivity index (χ3v) is 3.15. The fraction of sp³-hybridized carbons (Fsp3) is 0.167. The Bertz CT molecular complexity index is 603. The van der Waals surface area contributed by atoms with Gasteiger partial charge in [0.2, 0.25) is 5.76 Å². The highest BCUT2D eigenvalue weighted by Crippen LogP contribution is 2.28. The lowest BCUT2D eigenvalue weighted by molar-refractivity contribution is 0.0652. The largest absolute Gasteiger partial charge is 0.475 e. The highest BCUT2D eigenvalue weighted by atomic mass is 79.9. The summed E-state index contributed by atoms with van der Waals surface area (Å²) >= 11 is 3.24. The van der Waals surface area contributed by atoms with E-state index in [0.29, 0.717) is 15.6 Å². The number of methoxy groups -OCH3 is 1. The molecule has 19 heavy (non-hydrogen) atoms. The molecule has 0 saturated carbocycles. The Morgan fingerprint density at radius 3 is 2.79 bits per heavy atom. The van der Waals surface area contributed by atoms with Gasteiger partial charge in [-0.25, -0.2) is 9.18 Å². The van der Waals surface area contributed by atoms with Crippen LogP contribution in [0.4, 0.5) is 4.39 Å². The van der Waals surface area contributed by atoms with E-state index in [-0.39, 0.29) is 18.1 Å². The van der Waals surface area contributed by atoms with Crippen molar-refractivity contribution in [2.24, 2.45) is 0 Å². The molecular weight excluding hydrogens is 321 g/mol. The van der Waals surface area contributed by atoms with Gasteiger partial charge in [-0.15, -0.1) is 0 Å². The van der Waals surface area contributed by atoms with Gasteiger partial charge in [0, 0.05) is 28.8 Å². The van der Waals surface area contributed by atoms with Crippen molar-refractivity contribution in [2.75, 3.05) is 7.11 Å². The molecule has 0 bridgehead atoms. The topological polar surface area (TPSA) is 72.6 Å². The second-order valence-electron chi connectivity index (χ2n) is 3.73. The van der Waals surface area contributed by atoms with Gasteiger partial charge in [-0.3, -0.25) is 0 Å². The summed E-state index contributed by atoms with van der Waals surface area (Å²) in [5, 5.41) is 12.3. The van der Waals surface area contributed by atoms with Crippen molar-refractivity contribution in [1.29, 1.82) is 0 Å². The van der Waals surface area contributed by atoms with Crippen LogP contribution in [0.3, 0.4) is 0 Å². The number of aromatic nitrogens is 1. The zero-order valence-corrected chi connectivity index (χ0v) is 11.4. The number of halogens is 2. The van der Waals surface area contributed by atoms with E-state index in [1.54, 1.807) is 6.07 Å². The number of carbonyl (C=O) groups is 1. The predicted molar refractivity (Wildman–Crippen MR) is 67.3 cm³/mol.